The molecule has 29 heavy (non-hydrogen) atoms. The third-order valence-electron chi connectivity index (χ3n) is 4.63. The first-order valence-corrected chi connectivity index (χ1v) is 8.68. The van der Waals surface area contributed by atoms with Gasteiger partial charge in [-0.25, -0.2) is 0 Å². The van der Waals surface area contributed by atoms with Crippen LogP contribution in [0.4, 0.5) is 24.7 Å². The van der Waals surface area contributed by atoms with Crippen molar-refractivity contribution in [3.05, 3.63) is 41.6 Å². The number of nitriles is 1. The van der Waals surface area contributed by atoms with Crippen LogP contribution in [0.1, 0.15) is 34.5 Å². The van der Waals surface area contributed by atoms with Crippen LogP contribution in [0, 0.1) is 17.2 Å². The van der Waals surface area contributed by atoms with E-state index in [-0.39, 0.29) is 29.5 Å². The molecule has 1 aromatic heterocycles. The standard InChI is InChI=1S/C18H18F3N5O3/c19-18(20,21)15(27)10-1-3-12(4-2-10)24-17-13(16(23)28)8-26(25-17)14-9-29-6-5-11(14)7-22/h1-4,8,11,14-15,27H,5-6,9H2,(H2,23,28)(H,24,25)/t11-,14+,15+/m1/s1. The van der Waals surface area contributed by atoms with Crippen molar-refractivity contribution in [3.8, 4) is 6.07 Å². The summed E-state index contributed by atoms with van der Waals surface area (Å²) < 4.78 is 44.6. The number of carbonyl (C=O) groups is 1. The number of nitrogens with two attached hydrogens (primary N) is 1. The largest absolute Gasteiger partial charge is 0.418 e. The molecule has 0 radical (unpaired) electrons. The first kappa shape index (κ1) is 20.6. The van der Waals surface area contributed by atoms with E-state index >= 15 is 0 Å². The van der Waals surface area contributed by atoms with E-state index in [0.29, 0.717) is 18.7 Å². The second kappa shape index (κ2) is 8.10. The molecule has 1 saturated heterocycles. The highest BCUT2D eigenvalue weighted by molar-refractivity contribution is 5.98. The molecule has 2 aromatic rings. The molecule has 0 unspecified atom stereocenters. The number of rotatable bonds is 5. The number of primary amides is 1. The van der Waals surface area contributed by atoms with Crippen LogP contribution in [0.25, 0.3) is 0 Å². The summed E-state index contributed by atoms with van der Waals surface area (Å²) in [7, 11) is 0. The number of nitrogens with zero attached hydrogens (tertiary/aromatic N) is 3. The summed E-state index contributed by atoms with van der Waals surface area (Å²) in [4.78, 5) is 11.8. The molecule has 154 valence electrons. The smallest absolute Gasteiger partial charge is 0.379 e. The molecule has 1 fully saturated rings. The molecule has 0 spiro atoms. The van der Waals surface area contributed by atoms with Crippen molar-refractivity contribution in [2.45, 2.75) is 24.7 Å². The highest BCUT2D eigenvalue weighted by Crippen LogP contribution is 2.33. The molecule has 2 heterocycles. The average Bonchev–Trinajstić information content (AvgIpc) is 3.11. The number of anilines is 2. The fourth-order valence-electron chi connectivity index (χ4n) is 3.04. The van der Waals surface area contributed by atoms with Gasteiger partial charge >= 0.3 is 6.18 Å². The van der Waals surface area contributed by atoms with Crippen molar-refractivity contribution < 1.29 is 27.8 Å². The highest BCUT2D eigenvalue weighted by atomic mass is 19.4. The van der Waals surface area contributed by atoms with Crippen LogP contribution < -0.4 is 11.1 Å². The molecule has 8 nitrogen and oxygen atoms in total. The molecular weight excluding hydrogens is 391 g/mol. The van der Waals surface area contributed by atoms with Crippen molar-refractivity contribution >= 4 is 17.4 Å². The third-order valence-corrected chi connectivity index (χ3v) is 4.63. The monoisotopic (exact) mass is 409 g/mol. The van der Waals surface area contributed by atoms with Gasteiger partial charge in [-0.3, -0.25) is 9.48 Å². The van der Waals surface area contributed by atoms with Crippen molar-refractivity contribution in [1.82, 2.24) is 9.78 Å². The lowest BCUT2D eigenvalue weighted by Crippen LogP contribution is -2.29. The van der Waals surface area contributed by atoms with Crippen LogP contribution in [0.2, 0.25) is 0 Å². The average molecular weight is 409 g/mol. The Hall–Kier alpha value is -3.10. The van der Waals surface area contributed by atoms with Gasteiger partial charge in [0.15, 0.2) is 11.9 Å². The van der Waals surface area contributed by atoms with Crippen molar-refractivity contribution in [2.75, 3.05) is 18.5 Å². The first-order valence-electron chi connectivity index (χ1n) is 8.68. The van der Waals surface area contributed by atoms with Gasteiger partial charge in [0, 0.05) is 18.5 Å². The Morgan fingerprint density at radius 1 is 1.41 bits per heavy atom. The molecule has 0 aliphatic carbocycles. The zero-order chi connectivity index (χ0) is 21.2. The number of hydrogen-bond acceptors (Lipinski definition) is 6. The number of halogens is 3. The minimum absolute atomic E-state index is 0.0617. The van der Waals surface area contributed by atoms with E-state index in [0.717, 1.165) is 12.1 Å². The predicted octanol–water partition coefficient (Wildman–Crippen LogP) is 2.42. The summed E-state index contributed by atoms with van der Waals surface area (Å²) in [5.41, 5.74) is 5.49. The number of ether oxygens (including phenoxy) is 1. The number of aliphatic hydroxyl groups is 1. The minimum Gasteiger partial charge on any atom is -0.379 e. The number of nitrogens with one attached hydrogen (secondary N) is 1. The number of carbonyl (C=O) groups excluding carboxylic acids is 1. The highest BCUT2D eigenvalue weighted by Gasteiger charge is 2.39. The molecule has 1 amide bonds. The van der Waals surface area contributed by atoms with E-state index in [2.05, 4.69) is 16.5 Å². The Balaban J connectivity index is 1.84. The molecule has 4 N–H and O–H groups in total. The lowest BCUT2D eigenvalue weighted by atomic mass is 9.97. The van der Waals surface area contributed by atoms with Crippen molar-refractivity contribution in [1.29, 1.82) is 5.26 Å². The van der Waals surface area contributed by atoms with E-state index in [1.54, 1.807) is 0 Å². The van der Waals surface area contributed by atoms with Crippen LogP contribution in [0.3, 0.4) is 0 Å². The zero-order valence-corrected chi connectivity index (χ0v) is 15.1. The molecule has 3 atom stereocenters. The molecule has 3 rings (SSSR count). The quantitative estimate of drug-likeness (QED) is 0.696. The molecule has 11 heteroatoms. The van der Waals surface area contributed by atoms with E-state index in [1.165, 1.54) is 23.0 Å². The van der Waals surface area contributed by atoms with E-state index in [4.69, 9.17) is 10.5 Å². The lowest BCUT2D eigenvalue weighted by Gasteiger charge is -2.26. The number of hydrogen-bond donors (Lipinski definition) is 3. The molecule has 1 aromatic carbocycles. The number of benzene rings is 1. The zero-order valence-electron chi connectivity index (χ0n) is 15.1. The van der Waals surface area contributed by atoms with E-state index in [1.807, 2.05) is 0 Å². The summed E-state index contributed by atoms with van der Waals surface area (Å²) in [5.74, 6) is -1.00. The van der Waals surface area contributed by atoms with Gasteiger partial charge in [-0.05, 0) is 24.1 Å². The molecule has 1 aliphatic heterocycles. The van der Waals surface area contributed by atoms with Gasteiger partial charge in [0.1, 0.15) is 5.56 Å². The predicted molar refractivity (Wildman–Crippen MR) is 95.1 cm³/mol. The van der Waals surface area contributed by atoms with Gasteiger partial charge in [-0.1, -0.05) is 12.1 Å². The van der Waals surface area contributed by atoms with Crippen LogP contribution in [0.5, 0.6) is 0 Å². The molecule has 1 aliphatic rings. The second-order valence-electron chi connectivity index (χ2n) is 6.59. The van der Waals surface area contributed by atoms with Gasteiger partial charge in [0.25, 0.3) is 5.91 Å². The Morgan fingerprint density at radius 3 is 2.69 bits per heavy atom. The van der Waals surface area contributed by atoms with Gasteiger partial charge < -0.3 is 20.9 Å². The van der Waals surface area contributed by atoms with Gasteiger partial charge in [0.05, 0.1) is 24.6 Å². The maximum atomic E-state index is 12.6. The van der Waals surface area contributed by atoms with Crippen molar-refractivity contribution in [3.63, 3.8) is 0 Å². The fraction of sp³-hybridized carbons (Fsp3) is 0.389. The summed E-state index contributed by atoms with van der Waals surface area (Å²) in [6.45, 7) is 0.710. The third kappa shape index (κ3) is 4.49. The summed E-state index contributed by atoms with van der Waals surface area (Å²) in [6.07, 6.45) is -5.42. The SMILES string of the molecule is N#C[C@H]1CCOC[C@@H]1n1cc(C(N)=O)c(Nc2ccc([C@H](O)C(F)(F)F)cc2)n1. The topological polar surface area (TPSA) is 126 Å². The summed E-state index contributed by atoms with van der Waals surface area (Å²) in [6, 6.07) is 6.66. The first-order chi connectivity index (χ1) is 13.7. The fourth-order valence-corrected chi connectivity index (χ4v) is 3.04. The Labute approximate surface area is 163 Å². The van der Waals surface area contributed by atoms with Crippen LogP contribution in [0.15, 0.2) is 30.5 Å². The molecule has 0 saturated carbocycles. The number of alkyl halides is 3. The van der Waals surface area contributed by atoms with Crippen LogP contribution in [-0.4, -0.2) is 40.2 Å². The Morgan fingerprint density at radius 2 is 2.10 bits per heavy atom. The molecule has 0 bridgehead atoms. The second-order valence-corrected chi connectivity index (χ2v) is 6.59. The van der Waals surface area contributed by atoms with Crippen LogP contribution in [-0.2, 0) is 4.74 Å². The number of aromatic nitrogens is 2. The normalized spacial score (nSPS) is 20.7. The van der Waals surface area contributed by atoms with Gasteiger partial charge in [0.2, 0.25) is 0 Å². The van der Waals surface area contributed by atoms with Crippen molar-refractivity contribution in [2.24, 2.45) is 11.7 Å². The number of aliphatic hydroxyl groups excluding tert-OH is 1. The Bertz CT molecular complexity index is 920. The minimum atomic E-state index is -4.77. The number of amides is 1. The van der Waals surface area contributed by atoms with E-state index in [9.17, 15) is 28.3 Å². The molecular formula is C18H18F3N5O3. The lowest BCUT2D eigenvalue weighted by molar-refractivity contribution is -0.206. The van der Waals surface area contributed by atoms with Gasteiger partial charge in [-0.2, -0.15) is 23.5 Å². The summed E-state index contributed by atoms with van der Waals surface area (Å²) >= 11 is 0. The van der Waals surface area contributed by atoms with Crippen LogP contribution >= 0.6 is 0 Å². The van der Waals surface area contributed by atoms with E-state index < -0.39 is 24.2 Å². The van der Waals surface area contributed by atoms with Gasteiger partial charge in [-0.15, -0.1) is 0 Å². The maximum absolute atomic E-state index is 12.6. The maximum Gasteiger partial charge on any atom is 0.418 e. The Kier molecular flexibility index (Phi) is 5.76. The summed E-state index contributed by atoms with van der Waals surface area (Å²) in [5, 5.41) is 25.7.